The Bertz CT molecular complexity index is 1140. The van der Waals surface area contributed by atoms with Crippen molar-refractivity contribution in [2.45, 2.75) is 19.1 Å². The van der Waals surface area contributed by atoms with Gasteiger partial charge in [0.25, 0.3) is 5.91 Å². The molecule has 172 valence electrons. The maximum Gasteiger partial charge on any atom is 0.273 e. The first kappa shape index (κ1) is 24.2. The van der Waals surface area contributed by atoms with E-state index in [9.17, 15) is 4.79 Å². The maximum absolute atomic E-state index is 12.3. The average Bonchev–Trinajstić information content (AvgIpc) is 2.86. The fraction of sp³-hybridized carbons (Fsp3) is 0.240. The monoisotopic (exact) mass is 467 g/mol. The minimum atomic E-state index is -0.720. The molecule has 3 aromatic rings. The minimum absolute atomic E-state index is 0.127. The van der Waals surface area contributed by atoms with Crippen LogP contribution in [0.1, 0.15) is 29.2 Å². The smallest absolute Gasteiger partial charge is 0.273 e. The lowest BCUT2D eigenvalue weighted by atomic mass is 9.89. The van der Waals surface area contributed by atoms with Crippen molar-refractivity contribution in [2.75, 3.05) is 21.3 Å². The topological polar surface area (TPSA) is 82.0 Å². The van der Waals surface area contributed by atoms with Gasteiger partial charge in [-0.1, -0.05) is 71.4 Å². The molecule has 0 aliphatic carbocycles. The molecule has 8 heteroatoms. The van der Waals surface area contributed by atoms with E-state index in [4.69, 9.17) is 25.9 Å². The summed E-state index contributed by atoms with van der Waals surface area (Å²) in [4.78, 5) is 21.5. The number of rotatable bonds is 9. The van der Waals surface area contributed by atoms with Crippen LogP contribution in [0, 0.1) is 0 Å². The van der Waals surface area contributed by atoms with Gasteiger partial charge in [0.2, 0.25) is 5.88 Å². The number of oxime groups is 1. The highest BCUT2D eigenvalue weighted by atomic mass is 35.5. The number of carbonyl (C=O) groups is 1. The van der Waals surface area contributed by atoms with Gasteiger partial charge in [-0.2, -0.15) is 0 Å². The highest BCUT2D eigenvalue weighted by Gasteiger charge is 2.30. The Kier molecular flexibility index (Phi) is 8.03. The van der Waals surface area contributed by atoms with Gasteiger partial charge in [-0.15, -0.1) is 0 Å². The molecule has 3 rings (SSSR count). The van der Waals surface area contributed by atoms with Gasteiger partial charge in [-0.05, 0) is 24.1 Å². The third-order valence-electron chi connectivity index (χ3n) is 5.35. The standard InChI is InChI=1S/C25H26ClN3O4/c1-25(31-3,18-11-6-5-7-12-18)19-14-21(26)24(28-15-19)33-16-17-10-8-9-13-20(17)22(29-32-4)23(30)27-2/h5-15H,16H2,1-4H3,(H,27,30)/b29-22-. The van der Waals surface area contributed by atoms with Crippen LogP contribution in [0.4, 0.5) is 0 Å². The van der Waals surface area contributed by atoms with Crippen molar-refractivity contribution >= 4 is 23.2 Å². The number of carbonyl (C=O) groups excluding carboxylic acids is 1. The van der Waals surface area contributed by atoms with E-state index in [1.54, 1.807) is 25.4 Å². The van der Waals surface area contributed by atoms with Crippen LogP contribution < -0.4 is 10.1 Å². The summed E-state index contributed by atoms with van der Waals surface area (Å²) >= 11 is 6.52. The average molecular weight is 468 g/mol. The van der Waals surface area contributed by atoms with Crippen LogP contribution >= 0.6 is 11.6 Å². The molecule has 2 aromatic carbocycles. The quantitative estimate of drug-likeness (QED) is 0.374. The molecule has 0 saturated heterocycles. The Morgan fingerprint density at radius 3 is 2.42 bits per heavy atom. The summed E-state index contributed by atoms with van der Waals surface area (Å²) in [6, 6.07) is 18.9. The van der Waals surface area contributed by atoms with Crippen molar-refractivity contribution in [3.05, 3.63) is 94.1 Å². The summed E-state index contributed by atoms with van der Waals surface area (Å²) in [6.07, 6.45) is 1.69. The minimum Gasteiger partial charge on any atom is -0.472 e. The van der Waals surface area contributed by atoms with Crippen LogP contribution in [0.15, 0.2) is 72.0 Å². The van der Waals surface area contributed by atoms with Crippen LogP contribution in [-0.4, -0.2) is 37.9 Å². The first-order chi connectivity index (χ1) is 15.9. The number of amides is 1. The lowest BCUT2D eigenvalue weighted by Gasteiger charge is -2.29. The van der Waals surface area contributed by atoms with E-state index in [1.165, 1.54) is 14.2 Å². The van der Waals surface area contributed by atoms with Crippen molar-refractivity contribution in [2.24, 2.45) is 5.16 Å². The molecule has 1 aromatic heterocycles. The molecule has 0 aliphatic heterocycles. The SMILES string of the molecule is CNC(=O)/C(=N\OC)c1ccccc1COc1ncc(C(C)(OC)c2ccccc2)cc1Cl. The van der Waals surface area contributed by atoms with Crippen LogP contribution in [0.3, 0.4) is 0 Å². The van der Waals surface area contributed by atoms with Gasteiger partial charge in [0, 0.05) is 31.5 Å². The number of hydrogen-bond acceptors (Lipinski definition) is 6. The third kappa shape index (κ3) is 5.32. The van der Waals surface area contributed by atoms with Crippen molar-refractivity contribution in [1.82, 2.24) is 10.3 Å². The van der Waals surface area contributed by atoms with Gasteiger partial charge >= 0.3 is 0 Å². The first-order valence-electron chi connectivity index (χ1n) is 10.3. The molecule has 0 fully saturated rings. The molecule has 33 heavy (non-hydrogen) atoms. The summed E-state index contributed by atoms with van der Waals surface area (Å²) in [5.41, 5.74) is 2.51. The Hall–Kier alpha value is -3.42. The molecule has 0 saturated carbocycles. The Morgan fingerprint density at radius 1 is 1.09 bits per heavy atom. The molecule has 0 bridgehead atoms. The highest BCUT2D eigenvalue weighted by Crippen LogP contribution is 2.35. The number of likely N-dealkylation sites (N-methyl/N-ethyl adjacent to an activating group) is 1. The van der Waals surface area contributed by atoms with Crippen LogP contribution in [0.2, 0.25) is 5.02 Å². The molecular weight excluding hydrogens is 442 g/mol. The zero-order chi connectivity index (χ0) is 23.8. The summed E-state index contributed by atoms with van der Waals surface area (Å²) in [6.45, 7) is 2.09. The molecular formula is C25H26ClN3O4. The van der Waals surface area contributed by atoms with Gasteiger partial charge in [-0.25, -0.2) is 4.98 Å². The molecule has 1 amide bonds. The summed E-state index contributed by atoms with van der Waals surface area (Å²) in [7, 11) is 4.56. The lowest BCUT2D eigenvalue weighted by molar-refractivity contribution is -0.114. The van der Waals surface area contributed by atoms with Crippen molar-refractivity contribution in [3.63, 3.8) is 0 Å². The van der Waals surface area contributed by atoms with E-state index >= 15 is 0 Å². The van der Waals surface area contributed by atoms with E-state index in [1.807, 2.05) is 55.5 Å². The lowest BCUT2D eigenvalue weighted by Crippen LogP contribution is -2.29. The second-order valence-electron chi connectivity index (χ2n) is 7.26. The molecule has 1 N–H and O–H groups in total. The number of hydrogen-bond donors (Lipinski definition) is 1. The van der Waals surface area contributed by atoms with Crippen LogP contribution in [0.25, 0.3) is 0 Å². The zero-order valence-corrected chi connectivity index (χ0v) is 19.7. The fourth-order valence-corrected chi connectivity index (χ4v) is 3.62. The predicted molar refractivity (Wildman–Crippen MR) is 128 cm³/mol. The largest absolute Gasteiger partial charge is 0.472 e. The Labute approximate surface area is 198 Å². The number of benzene rings is 2. The zero-order valence-electron chi connectivity index (χ0n) is 19.0. The maximum atomic E-state index is 12.3. The van der Waals surface area contributed by atoms with Crippen molar-refractivity contribution < 1.29 is 19.1 Å². The van der Waals surface area contributed by atoms with Gasteiger partial charge in [0.1, 0.15) is 24.3 Å². The molecule has 0 spiro atoms. The number of halogens is 1. The van der Waals surface area contributed by atoms with Gasteiger partial charge < -0.3 is 19.6 Å². The number of pyridine rings is 1. The van der Waals surface area contributed by atoms with Gasteiger partial charge in [0.15, 0.2) is 5.71 Å². The van der Waals surface area contributed by atoms with Crippen LogP contribution in [-0.2, 0) is 26.6 Å². The van der Waals surface area contributed by atoms with E-state index in [-0.39, 0.29) is 24.1 Å². The first-order valence-corrected chi connectivity index (χ1v) is 10.6. The summed E-state index contributed by atoms with van der Waals surface area (Å²) < 4.78 is 11.7. The fourth-order valence-electron chi connectivity index (χ4n) is 3.40. The van der Waals surface area contributed by atoms with Crippen molar-refractivity contribution in [3.8, 4) is 5.88 Å². The molecule has 7 nitrogen and oxygen atoms in total. The second kappa shape index (κ2) is 10.9. The molecule has 0 aliphatic rings. The Balaban J connectivity index is 1.86. The number of methoxy groups -OCH3 is 1. The molecule has 1 heterocycles. The predicted octanol–water partition coefficient (Wildman–Crippen LogP) is 4.32. The second-order valence-corrected chi connectivity index (χ2v) is 7.67. The number of nitrogens with one attached hydrogen (secondary N) is 1. The molecule has 0 radical (unpaired) electrons. The molecule has 1 atom stereocenters. The number of aromatic nitrogens is 1. The number of ether oxygens (including phenoxy) is 2. The van der Waals surface area contributed by atoms with E-state index in [2.05, 4.69) is 15.5 Å². The highest BCUT2D eigenvalue weighted by molar-refractivity contribution is 6.45. The summed E-state index contributed by atoms with van der Waals surface area (Å²) in [5.74, 6) is -0.100. The van der Waals surface area contributed by atoms with Crippen molar-refractivity contribution in [1.29, 1.82) is 0 Å². The van der Waals surface area contributed by atoms with Gasteiger partial charge in [0.05, 0.1) is 0 Å². The van der Waals surface area contributed by atoms with E-state index < -0.39 is 5.60 Å². The Morgan fingerprint density at radius 2 is 1.79 bits per heavy atom. The van der Waals surface area contributed by atoms with Crippen LogP contribution in [0.5, 0.6) is 5.88 Å². The number of nitrogens with zero attached hydrogens (tertiary/aromatic N) is 2. The normalized spacial score (nSPS) is 13.2. The van der Waals surface area contributed by atoms with E-state index in [0.29, 0.717) is 10.6 Å². The molecule has 1 unspecified atom stereocenters. The third-order valence-corrected chi connectivity index (χ3v) is 5.62. The van der Waals surface area contributed by atoms with E-state index in [0.717, 1.165) is 16.7 Å². The summed E-state index contributed by atoms with van der Waals surface area (Å²) in [5, 5.41) is 6.78. The van der Waals surface area contributed by atoms with Gasteiger partial charge in [-0.3, -0.25) is 4.79 Å².